The third-order valence-corrected chi connectivity index (χ3v) is 0.548. The van der Waals surface area contributed by atoms with Gasteiger partial charge in [-0.2, -0.15) is 0 Å². The van der Waals surface area contributed by atoms with E-state index in [1.54, 1.807) is 0 Å². The van der Waals surface area contributed by atoms with E-state index in [4.69, 9.17) is 0 Å². The maximum Gasteiger partial charge on any atom is 0.214 e. The largest absolute Gasteiger partial charge is 0.370 e. The first-order valence-electron chi connectivity index (χ1n) is 4.26. The van der Waals surface area contributed by atoms with Gasteiger partial charge in [-0.15, -0.1) is 0 Å². The molecule has 74 valence electrons. The zero-order chi connectivity index (χ0) is 10.6. The predicted octanol–water partition coefficient (Wildman–Crippen LogP) is 1.26. The lowest BCUT2D eigenvalue weighted by Crippen LogP contribution is -2.01. The normalized spacial score (nSPS) is 6.50. The minimum absolute atomic E-state index is 0.333. The molecule has 12 heavy (non-hydrogen) atoms. The Kier molecular flexibility index (Phi) is 23.9. The van der Waals surface area contributed by atoms with E-state index in [9.17, 15) is 4.79 Å². The summed E-state index contributed by atoms with van der Waals surface area (Å²) in [6, 6.07) is 0. The van der Waals surface area contributed by atoms with E-state index in [0.717, 1.165) is 6.42 Å². The molecule has 0 aromatic rings. The molecule has 0 aromatic carbocycles. The van der Waals surface area contributed by atoms with Crippen molar-refractivity contribution in [3.05, 3.63) is 0 Å². The van der Waals surface area contributed by atoms with Gasteiger partial charge in [-0.25, -0.2) is 4.58 Å². The van der Waals surface area contributed by atoms with Crippen molar-refractivity contribution in [1.82, 2.24) is 0 Å². The van der Waals surface area contributed by atoms with Gasteiger partial charge in [0.2, 0.25) is 5.91 Å². The van der Waals surface area contributed by atoms with Crippen LogP contribution in [0.4, 0.5) is 0 Å². The van der Waals surface area contributed by atoms with Crippen molar-refractivity contribution in [2.24, 2.45) is 5.73 Å². The Balaban J connectivity index is -0.000000118. The lowest BCUT2D eigenvalue weighted by atomic mass is 10.7. The van der Waals surface area contributed by atoms with Gasteiger partial charge in [0.05, 0.1) is 0 Å². The number of carbonyl (C=O) groups is 1. The summed E-state index contributed by atoms with van der Waals surface area (Å²) < 4.78 is 2.06. The molecule has 0 saturated heterocycles. The molecule has 0 heterocycles. The van der Waals surface area contributed by atoms with Gasteiger partial charge in [-0.1, -0.05) is 20.8 Å². The molecule has 0 fully saturated rings. The summed E-state index contributed by atoms with van der Waals surface area (Å²) in [5, 5.41) is 0. The van der Waals surface area contributed by atoms with E-state index in [1.807, 2.05) is 27.9 Å². The first-order chi connectivity index (χ1) is 5.50. The highest BCUT2D eigenvalue weighted by atomic mass is 16.2. The highest BCUT2D eigenvalue weighted by molar-refractivity contribution is 5.70. The number of rotatable bonds is 1. The monoisotopic (exact) mass is 179 g/mol. The molecule has 3 heteroatoms. The highest BCUT2D eigenvalue weighted by Crippen LogP contribution is 1.61. The molecular weight excluding hydrogens is 156 g/mol. The minimum Gasteiger partial charge on any atom is -0.370 e. The Bertz CT molecular complexity index is 112. The summed E-state index contributed by atoms with van der Waals surface area (Å²) in [4.78, 5) is 9.22. The molecule has 0 aliphatic rings. The first kappa shape index (κ1) is 17.3. The van der Waals surface area contributed by atoms with Crippen LogP contribution < -0.4 is 5.73 Å². The molecule has 0 radical (unpaired) electrons. The number of nitrogens with two attached hydrogens (primary N) is 1. The maximum atomic E-state index is 9.22. The second kappa shape index (κ2) is 16.6. The molecule has 1 amide bonds. The van der Waals surface area contributed by atoms with Crippen molar-refractivity contribution < 1.29 is 9.37 Å². The Hall–Kier alpha value is -0.860. The summed E-state index contributed by atoms with van der Waals surface area (Å²) in [6.45, 7) is 7.43. The second-order valence-corrected chi connectivity index (χ2v) is 2.17. The van der Waals surface area contributed by atoms with Crippen LogP contribution in [-0.4, -0.2) is 30.8 Å². The van der Waals surface area contributed by atoms with Gasteiger partial charge < -0.3 is 5.73 Å². The second-order valence-electron chi connectivity index (χ2n) is 2.17. The Morgan fingerprint density at radius 2 is 1.67 bits per heavy atom. The van der Waals surface area contributed by atoms with Crippen LogP contribution in [0.15, 0.2) is 0 Å². The van der Waals surface area contributed by atoms with E-state index in [-0.39, 0.29) is 5.91 Å². The van der Waals surface area contributed by atoms with Crippen LogP contribution in [0.25, 0.3) is 0 Å². The first-order valence-corrected chi connectivity index (χ1v) is 4.26. The number of carbonyl (C=O) groups excluding carboxylic acids is 1. The molecule has 0 unspecified atom stereocenters. The van der Waals surface area contributed by atoms with Crippen LogP contribution in [0.5, 0.6) is 0 Å². The lowest BCUT2D eigenvalue weighted by Gasteiger charge is -1.76. The molecule has 0 bridgehead atoms. The number of hydrogen-bond donors (Lipinski definition) is 1. The number of primary amides is 1. The van der Waals surface area contributed by atoms with E-state index in [0.29, 0.717) is 0 Å². The molecule has 0 saturated carbocycles. The molecule has 0 aliphatic carbocycles. The average molecular weight is 179 g/mol. The van der Waals surface area contributed by atoms with Crippen LogP contribution in [0.1, 0.15) is 34.1 Å². The molecule has 0 aromatic heterocycles. The number of amides is 1. The van der Waals surface area contributed by atoms with Gasteiger partial charge in [0.15, 0.2) is 0 Å². The van der Waals surface area contributed by atoms with Gasteiger partial charge >= 0.3 is 0 Å². The Morgan fingerprint density at radius 1 is 1.42 bits per heavy atom. The summed E-state index contributed by atoms with van der Waals surface area (Å²) in [5.74, 6) is -0.333. The van der Waals surface area contributed by atoms with Crippen molar-refractivity contribution in [3.8, 4) is 0 Å². The highest BCUT2D eigenvalue weighted by Gasteiger charge is 1.72. The topological polar surface area (TPSA) is 46.1 Å². The quantitative estimate of drug-likeness (QED) is 0.367. The van der Waals surface area contributed by atoms with Gasteiger partial charge in [-0.3, -0.25) is 4.79 Å². The Labute approximate surface area is 76.3 Å². The van der Waals surface area contributed by atoms with Crippen LogP contribution >= 0.6 is 0 Å². The summed E-state index contributed by atoms with van der Waals surface area (Å²) >= 11 is 0. The zero-order valence-electron chi connectivity index (χ0n) is 9.22. The molecule has 0 rings (SSSR count). The van der Waals surface area contributed by atoms with E-state index < -0.39 is 0 Å². The lowest BCUT2D eigenvalue weighted by molar-refractivity contribution is -0.460. The van der Waals surface area contributed by atoms with Crippen molar-refractivity contribution in [3.63, 3.8) is 0 Å². The number of hydrogen-bond acceptors (Lipinski definition) is 1. The van der Waals surface area contributed by atoms with Gasteiger partial charge in [0.1, 0.15) is 20.3 Å². The van der Waals surface area contributed by atoms with E-state index >= 15 is 0 Å². The van der Waals surface area contributed by atoms with Gasteiger partial charge in [-0.05, 0) is 0 Å². The summed E-state index contributed by atoms with van der Waals surface area (Å²) in [7, 11) is 4.06. The minimum atomic E-state index is -0.333. The standard InChI is InChI=1S/C5H12N.C2H5NO.C2H6/c1-4-5-6(2)3;1-2(3)4;1-2/h5H,4H2,1-3H3;1H3,(H2,3,4);1-2H3/q+1;;/i1+1;2+1;1+1,2+1. The number of nitrogens with zero attached hydrogens (tertiary/aromatic N) is 1. The van der Waals surface area contributed by atoms with Crippen LogP contribution in [-0.2, 0) is 4.79 Å². The molecule has 2 N–H and O–H groups in total. The molecule has 0 aliphatic heterocycles. The summed E-state index contributed by atoms with van der Waals surface area (Å²) in [6.07, 6.45) is 3.26. The van der Waals surface area contributed by atoms with Crippen LogP contribution in [0.3, 0.4) is 0 Å². The molecule has 0 atom stereocenters. The molecular formula is C9H23N2O+. The van der Waals surface area contributed by atoms with Gasteiger partial charge in [0.25, 0.3) is 0 Å². The van der Waals surface area contributed by atoms with E-state index in [2.05, 4.69) is 23.4 Å². The average Bonchev–Trinajstić information content (AvgIpc) is 1.90. The van der Waals surface area contributed by atoms with Crippen molar-refractivity contribution in [1.29, 1.82) is 0 Å². The fourth-order valence-corrected chi connectivity index (χ4v) is 0.365. The van der Waals surface area contributed by atoms with Crippen LogP contribution in [0.2, 0.25) is 0 Å². The van der Waals surface area contributed by atoms with Gasteiger partial charge in [0, 0.05) is 13.3 Å². The summed E-state index contributed by atoms with van der Waals surface area (Å²) in [5.41, 5.74) is 4.47. The molecule has 0 spiro atoms. The zero-order valence-corrected chi connectivity index (χ0v) is 9.22. The maximum absolute atomic E-state index is 9.22. The smallest absolute Gasteiger partial charge is 0.214 e. The van der Waals surface area contributed by atoms with Crippen molar-refractivity contribution >= 4 is 12.1 Å². The van der Waals surface area contributed by atoms with Crippen molar-refractivity contribution in [2.75, 3.05) is 14.1 Å². The predicted molar refractivity (Wildman–Crippen MR) is 54.7 cm³/mol. The molecule has 3 nitrogen and oxygen atoms in total. The van der Waals surface area contributed by atoms with Crippen molar-refractivity contribution in [2.45, 2.75) is 34.1 Å². The Morgan fingerprint density at radius 3 is 1.67 bits per heavy atom. The third-order valence-electron chi connectivity index (χ3n) is 0.548. The van der Waals surface area contributed by atoms with E-state index in [1.165, 1.54) is 6.92 Å². The fraction of sp³-hybridized carbons (Fsp3) is 0.778. The SMILES string of the molecule is C[13C](N)=O.C[N+](C)=CC[13CH3].[13CH3][13CH3]. The fourth-order valence-electron chi connectivity index (χ4n) is 0.365. The van der Waals surface area contributed by atoms with Crippen LogP contribution in [0, 0.1) is 0 Å². The third kappa shape index (κ3) is 132.